The van der Waals surface area contributed by atoms with Crippen LogP contribution < -0.4 is 10.6 Å². The molecule has 0 spiro atoms. The average Bonchev–Trinajstić information content (AvgIpc) is 3.15. The number of nitrogens with one attached hydrogen (secondary N) is 2. The third-order valence-corrected chi connectivity index (χ3v) is 4.32. The first-order valence-electron chi connectivity index (χ1n) is 8.56. The van der Waals surface area contributed by atoms with Gasteiger partial charge in [-0.2, -0.15) is 0 Å². The lowest BCUT2D eigenvalue weighted by Gasteiger charge is -2.26. The summed E-state index contributed by atoms with van der Waals surface area (Å²) in [4.78, 5) is 14.7. The lowest BCUT2D eigenvalue weighted by atomic mass is 10.1. The van der Waals surface area contributed by atoms with Crippen molar-refractivity contribution in [3.8, 4) is 0 Å². The maximum atomic E-state index is 12.3. The summed E-state index contributed by atoms with van der Waals surface area (Å²) in [5, 5.41) is 23.6. The van der Waals surface area contributed by atoms with E-state index in [2.05, 4.69) is 25.8 Å². The molecule has 0 unspecified atom stereocenters. The Morgan fingerprint density at radius 2 is 2.00 bits per heavy atom. The molecule has 1 atom stereocenters. The molecule has 3 N–H and O–H groups in total. The molecule has 1 fully saturated rings. The molecule has 2 heterocycles. The molecule has 25 heavy (non-hydrogen) atoms. The van der Waals surface area contributed by atoms with E-state index < -0.39 is 6.04 Å². The van der Waals surface area contributed by atoms with Crippen LogP contribution in [0.4, 0.5) is 0 Å². The quantitative estimate of drug-likeness (QED) is 0.635. The smallest absolute Gasteiger partial charge is 0.274 e. The molecule has 1 aromatic heterocycles. The molecule has 1 amide bonds. The van der Waals surface area contributed by atoms with Crippen molar-refractivity contribution in [3.63, 3.8) is 0 Å². The molecule has 1 aliphatic heterocycles. The van der Waals surface area contributed by atoms with E-state index in [9.17, 15) is 9.90 Å². The Morgan fingerprint density at radius 3 is 2.72 bits per heavy atom. The van der Waals surface area contributed by atoms with Crippen molar-refractivity contribution in [2.45, 2.75) is 12.6 Å². The fraction of sp³-hybridized carbons (Fsp3) is 0.471. The Labute approximate surface area is 146 Å². The topological polar surface area (TPSA) is 95.3 Å². The van der Waals surface area contributed by atoms with E-state index in [1.54, 1.807) is 10.9 Å². The average molecular weight is 344 g/mol. The molecular formula is C17H24N6O2. The molecule has 8 heteroatoms. The largest absolute Gasteiger partial charge is 0.394 e. The van der Waals surface area contributed by atoms with Gasteiger partial charge in [-0.05, 0) is 5.56 Å². The zero-order chi connectivity index (χ0) is 17.5. The maximum absolute atomic E-state index is 12.3. The first-order valence-corrected chi connectivity index (χ1v) is 8.56. The van der Waals surface area contributed by atoms with Gasteiger partial charge >= 0.3 is 0 Å². The second kappa shape index (κ2) is 8.70. The molecule has 3 rings (SSSR count). The molecule has 0 saturated carbocycles. The zero-order valence-electron chi connectivity index (χ0n) is 14.1. The van der Waals surface area contributed by atoms with E-state index in [-0.39, 0.29) is 18.2 Å². The number of aliphatic hydroxyl groups is 1. The predicted octanol–water partition coefficient (Wildman–Crippen LogP) is -0.353. The van der Waals surface area contributed by atoms with Crippen molar-refractivity contribution in [2.24, 2.45) is 0 Å². The number of nitrogens with zero attached hydrogens (tertiary/aromatic N) is 4. The Morgan fingerprint density at radius 1 is 1.24 bits per heavy atom. The first kappa shape index (κ1) is 17.5. The second-order valence-corrected chi connectivity index (χ2v) is 6.08. The monoisotopic (exact) mass is 344 g/mol. The third kappa shape index (κ3) is 4.85. The van der Waals surface area contributed by atoms with Gasteiger partial charge in [0.2, 0.25) is 0 Å². The Balaban J connectivity index is 1.54. The highest BCUT2D eigenvalue weighted by atomic mass is 16.3. The van der Waals surface area contributed by atoms with Gasteiger partial charge < -0.3 is 15.7 Å². The zero-order valence-corrected chi connectivity index (χ0v) is 14.1. The van der Waals surface area contributed by atoms with Crippen molar-refractivity contribution < 1.29 is 9.90 Å². The minimum absolute atomic E-state index is 0.174. The van der Waals surface area contributed by atoms with Gasteiger partial charge in [0, 0.05) is 32.7 Å². The van der Waals surface area contributed by atoms with Crippen molar-refractivity contribution in [2.75, 3.05) is 39.3 Å². The molecule has 0 aliphatic carbocycles. The van der Waals surface area contributed by atoms with Crippen LogP contribution in [0.15, 0.2) is 36.5 Å². The number of aliphatic hydroxyl groups excluding tert-OH is 1. The first-order chi connectivity index (χ1) is 12.3. The number of hydrogen-bond donors (Lipinski definition) is 3. The van der Waals surface area contributed by atoms with Crippen LogP contribution in [-0.2, 0) is 6.54 Å². The molecule has 1 saturated heterocycles. The van der Waals surface area contributed by atoms with E-state index in [4.69, 9.17) is 0 Å². The van der Waals surface area contributed by atoms with Crippen LogP contribution >= 0.6 is 0 Å². The van der Waals surface area contributed by atoms with Crippen molar-refractivity contribution in [1.29, 1.82) is 0 Å². The highest BCUT2D eigenvalue weighted by Crippen LogP contribution is 2.12. The third-order valence-electron chi connectivity index (χ3n) is 4.32. The molecule has 8 nitrogen and oxygen atoms in total. The summed E-state index contributed by atoms with van der Waals surface area (Å²) >= 11 is 0. The van der Waals surface area contributed by atoms with Crippen molar-refractivity contribution in [3.05, 3.63) is 47.8 Å². The van der Waals surface area contributed by atoms with E-state index >= 15 is 0 Å². The number of piperazine rings is 1. The van der Waals surface area contributed by atoms with E-state index in [1.165, 1.54) is 0 Å². The summed E-state index contributed by atoms with van der Waals surface area (Å²) in [5.41, 5.74) is 1.11. The lowest BCUT2D eigenvalue weighted by molar-refractivity contribution is 0.0911. The highest BCUT2D eigenvalue weighted by molar-refractivity contribution is 5.92. The fourth-order valence-corrected chi connectivity index (χ4v) is 2.84. The number of rotatable bonds is 7. The van der Waals surface area contributed by atoms with Crippen LogP contribution in [0, 0.1) is 0 Å². The van der Waals surface area contributed by atoms with Gasteiger partial charge in [0.15, 0.2) is 5.69 Å². The Kier molecular flexibility index (Phi) is 6.10. The predicted molar refractivity (Wildman–Crippen MR) is 93.1 cm³/mol. The number of benzene rings is 1. The van der Waals surface area contributed by atoms with E-state index in [1.807, 2.05) is 30.3 Å². The van der Waals surface area contributed by atoms with Crippen LogP contribution in [0.3, 0.4) is 0 Å². The summed E-state index contributed by atoms with van der Waals surface area (Å²) in [5.74, 6) is -0.337. The standard InChI is InChI=1S/C17H24N6O2/c24-13-16(14-4-2-1-3-5-14)19-17(25)15-12-23(21-20-15)11-10-22-8-6-18-7-9-22/h1-5,12,16,18,24H,6-11,13H2,(H,19,25)/t16-/m0/s1. The molecule has 2 aromatic rings. The van der Waals surface area contributed by atoms with Crippen LogP contribution in [0.2, 0.25) is 0 Å². The molecule has 1 aromatic carbocycles. The molecule has 134 valence electrons. The Hall–Kier alpha value is -2.29. The summed E-state index contributed by atoms with van der Waals surface area (Å²) in [6.07, 6.45) is 1.65. The number of hydrogen-bond acceptors (Lipinski definition) is 6. The van der Waals surface area contributed by atoms with E-state index in [0.717, 1.165) is 38.3 Å². The number of carbonyl (C=O) groups is 1. The van der Waals surface area contributed by atoms with Gasteiger partial charge in [0.1, 0.15) is 0 Å². The Bertz CT molecular complexity index is 669. The van der Waals surface area contributed by atoms with Crippen LogP contribution in [0.25, 0.3) is 0 Å². The normalized spacial score (nSPS) is 16.5. The van der Waals surface area contributed by atoms with Crippen LogP contribution in [-0.4, -0.2) is 70.2 Å². The van der Waals surface area contributed by atoms with Gasteiger partial charge in [0.25, 0.3) is 5.91 Å². The van der Waals surface area contributed by atoms with E-state index in [0.29, 0.717) is 6.54 Å². The fourth-order valence-electron chi connectivity index (χ4n) is 2.84. The summed E-state index contributed by atoms with van der Waals surface area (Å²) in [6, 6.07) is 8.91. The van der Waals surface area contributed by atoms with Gasteiger partial charge in [-0.1, -0.05) is 35.5 Å². The van der Waals surface area contributed by atoms with Gasteiger partial charge in [-0.3, -0.25) is 14.4 Å². The van der Waals surface area contributed by atoms with Crippen LogP contribution in [0.5, 0.6) is 0 Å². The number of amides is 1. The SMILES string of the molecule is O=C(N[C@@H](CO)c1ccccc1)c1cn(CCN2CCNCC2)nn1. The number of aromatic nitrogens is 3. The summed E-state index contributed by atoms with van der Waals surface area (Å²) in [6.45, 7) is 5.47. The summed E-state index contributed by atoms with van der Waals surface area (Å²) in [7, 11) is 0. The second-order valence-electron chi connectivity index (χ2n) is 6.08. The van der Waals surface area contributed by atoms with Crippen molar-refractivity contribution in [1.82, 2.24) is 30.5 Å². The van der Waals surface area contributed by atoms with Gasteiger partial charge in [0.05, 0.1) is 25.4 Å². The number of carbonyl (C=O) groups excluding carboxylic acids is 1. The lowest BCUT2D eigenvalue weighted by Crippen LogP contribution is -2.44. The van der Waals surface area contributed by atoms with Crippen molar-refractivity contribution >= 4 is 5.91 Å². The molecule has 0 bridgehead atoms. The minimum atomic E-state index is -0.459. The van der Waals surface area contributed by atoms with Gasteiger partial charge in [-0.25, -0.2) is 0 Å². The van der Waals surface area contributed by atoms with Crippen LogP contribution in [0.1, 0.15) is 22.1 Å². The summed E-state index contributed by atoms with van der Waals surface area (Å²) < 4.78 is 1.69. The minimum Gasteiger partial charge on any atom is -0.394 e. The molecule has 1 aliphatic rings. The highest BCUT2D eigenvalue weighted by Gasteiger charge is 2.17. The van der Waals surface area contributed by atoms with Gasteiger partial charge in [-0.15, -0.1) is 5.10 Å². The molecular weight excluding hydrogens is 320 g/mol. The maximum Gasteiger partial charge on any atom is 0.274 e. The molecule has 0 radical (unpaired) electrons.